The molecule has 28 heavy (non-hydrogen) atoms. The first-order valence-electron chi connectivity index (χ1n) is 10.1. The van der Waals surface area contributed by atoms with Crippen molar-refractivity contribution in [3.05, 3.63) is 71.3 Å². The van der Waals surface area contributed by atoms with Crippen LogP contribution in [-0.4, -0.2) is 36.1 Å². The maximum atomic E-state index is 13.3. The second-order valence-electron chi connectivity index (χ2n) is 7.82. The van der Waals surface area contributed by atoms with Gasteiger partial charge in [0.25, 0.3) is 0 Å². The average Bonchev–Trinajstić information content (AvgIpc) is 2.95. The molecule has 1 heterocycles. The Kier molecular flexibility index (Phi) is 5.41. The van der Waals surface area contributed by atoms with Crippen molar-refractivity contribution in [2.75, 3.05) is 19.6 Å². The topological polar surface area (TPSA) is 37.4 Å². The van der Waals surface area contributed by atoms with Crippen LogP contribution in [0.4, 0.5) is 0 Å². The quantitative estimate of drug-likeness (QED) is 0.598. The Morgan fingerprint density at radius 1 is 0.786 bits per heavy atom. The van der Waals surface area contributed by atoms with E-state index >= 15 is 0 Å². The van der Waals surface area contributed by atoms with Crippen molar-refractivity contribution in [2.45, 2.75) is 32.1 Å². The number of carbonyl (C=O) groups is 2. The molecule has 3 heteroatoms. The number of likely N-dealkylation sites (tertiary alicyclic amines) is 1. The van der Waals surface area contributed by atoms with Crippen molar-refractivity contribution in [1.29, 1.82) is 0 Å². The lowest BCUT2D eigenvalue weighted by Crippen LogP contribution is -2.35. The van der Waals surface area contributed by atoms with Gasteiger partial charge in [0, 0.05) is 17.5 Å². The van der Waals surface area contributed by atoms with E-state index in [9.17, 15) is 9.59 Å². The van der Waals surface area contributed by atoms with Gasteiger partial charge in [0.05, 0.1) is 6.54 Å². The van der Waals surface area contributed by atoms with Crippen LogP contribution in [0.3, 0.4) is 0 Å². The van der Waals surface area contributed by atoms with E-state index in [2.05, 4.69) is 16.7 Å². The van der Waals surface area contributed by atoms with Gasteiger partial charge in [0.15, 0.2) is 11.6 Å². The van der Waals surface area contributed by atoms with Crippen LogP contribution in [0.15, 0.2) is 54.6 Å². The number of piperidine rings is 1. The summed E-state index contributed by atoms with van der Waals surface area (Å²) in [4.78, 5) is 29.0. The molecule has 1 fully saturated rings. The standard InChI is InChI=1S/C25H25NO2/c27-23-21-13-5-6-14-22(21)24(28)25(23,19-20-11-3-1-4-12-20)15-7-10-18-26-16-8-2-9-17-26/h1,3-6,11-14H,2,8-9,15-19H2. The summed E-state index contributed by atoms with van der Waals surface area (Å²) in [5, 5.41) is 0. The van der Waals surface area contributed by atoms with E-state index < -0.39 is 5.41 Å². The summed E-state index contributed by atoms with van der Waals surface area (Å²) >= 11 is 0. The largest absolute Gasteiger partial charge is 0.293 e. The Bertz CT molecular complexity index is 895. The van der Waals surface area contributed by atoms with E-state index in [-0.39, 0.29) is 18.0 Å². The third-order valence-corrected chi connectivity index (χ3v) is 5.90. The van der Waals surface area contributed by atoms with Crippen molar-refractivity contribution in [2.24, 2.45) is 5.41 Å². The number of hydrogen-bond donors (Lipinski definition) is 0. The normalized spacial score (nSPS) is 18.4. The molecule has 0 bridgehead atoms. The van der Waals surface area contributed by atoms with E-state index in [1.807, 2.05) is 42.5 Å². The molecule has 0 atom stereocenters. The van der Waals surface area contributed by atoms with Crippen LogP contribution in [0.25, 0.3) is 0 Å². The Morgan fingerprint density at radius 3 is 2.04 bits per heavy atom. The van der Waals surface area contributed by atoms with Gasteiger partial charge in [0.2, 0.25) is 0 Å². The smallest absolute Gasteiger partial charge is 0.178 e. The van der Waals surface area contributed by atoms with Crippen LogP contribution in [0.1, 0.15) is 52.0 Å². The van der Waals surface area contributed by atoms with Crippen LogP contribution < -0.4 is 0 Å². The predicted molar refractivity (Wildman–Crippen MR) is 110 cm³/mol. The zero-order chi connectivity index (χ0) is 19.4. The highest BCUT2D eigenvalue weighted by molar-refractivity contribution is 6.29. The van der Waals surface area contributed by atoms with E-state index in [1.54, 1.807) is 12.1 Å². The number of hydrogen-bond acceptors (Lipinski definition) is 3. The molecule has 1 aliphatic heterocycles. The summed E-state index contributed by atoms with van der Waals surface area (Å²) in [7, 11) is 0. The third-order valence-electron chi connectivity index (χ3n) is 5.90. The number of carbonyl (C=O) groups excluding carboxylic acids is 2. The molecule has 1 aliphatic carbocycles. The van der Waals surface area contributed by atoms with Crippen LogP contribution in [0.5, 0.6) is 0 Å². The number of fused-ring (bicyclic) bond motifs is 1. The van der Waals surface area contributed by atoms with E-state index in [0.717, 1.165) is 25.2 Å². The molecule has 1 saturated heterocycles. The van der Waals surface area contributed by atoms with Gasteiger partial charge in [-0.15, -0.1) is 5.92 Å². The molecular weight excluding hydrogens is 346 g/mol. The second-order valence-corrected chi connectivity index (χ2v) is 7.82. The lowest BCUT2D eigenvalue weighted by atomic mass is 9.74. The SMILES string of the molecule is O=C1c2ccccc2C(=O)C1(CC#CCN1CCCCC1)Cc1ccccc1. The Hall–Kier alpha value is -2.70. The Balaban J connectivity index is 1.60. The number of ketones is 2. The molecule has 0 spiro atoms. The lowest BCUT2D eigenvalue weighted by molar-refractivity contribution is 0.0702. The van der Waals surface area contributed by atoms with Gasteiger partial charge in [-0.05, 0) is 37.9 Å². The first kappa shape index (κ1) is 18.7. The summed E-state index contributed by atoms with van der Waals surface area (Å²) in [5.74, 6) is 6.27. The average molecular weight is 371 g/mol. The molecule has 2 aromatic carbocycles. The molecule has 0 saturated carbocycles. The van der Waals surface area contributed by atoms with Crippen molar-refractivity contribution < 1.29 is 9.59 Å². The first-order valence-corrected chi connectivity index (χ1v) is 10.1. The van der Waals surface area contributed by atoms with Gasteiger partial charge in [-0.2, -0.15) is 0 Å². The fourth-order valence-corrected chi connectivity index (χ4v) is 4.32. The fraction of sp³-hybridized carbons (Fsp3) is 0.360. The van der Waals surface area contributed by atoms with Gasteiger partial charge in [-0.1, -0.05) is 66.9 Å². The zero-order valence-corrected chi connectivity index (χ0v) is 16.1. The molecule has 4 rings (SSSR count). The van der Waals surface area contributed by atoms with Crippen LogP contribution >= 0.6 is 0 Å². The maximum Gasteiger partial charge on any atom is 0.178 e. The van der Waals surface area contributed by atoms with Gasteiger partial charge in [0.1, 0.15) is 5.41 Å². The minimum absolute atomic E-state index is 0.0794. The minimum atomic E-state index is -1.10. The van der Waals surface area contributed by atoms with E-state index in [0.29, 0.717) is 17.5 Å². The summed E-state index contributed by atoms with van der Waals surface area (Å²) < 4.78 is 0. The maximum absolute atomic E-state index is 13.3. The number of rotatable bonds is 4. The molecule has 0 aromatic heterocycles. The highest BCUT2D eigenvalue weighted by atomic mass is 16.2. The number of Topliss-reactive ketones (excluding diaryl/α,β-unsaturated/α-hetero) is 2. The molecule has 0 radical (unpaired) electrons. The van der Waals surface area contributed by atoms with Crippen LogP contribution in [0.2, 0.25) is 0 Å². The molecule has 0 N–H and O–H groups in total. The molecule has 2 aromatic rings. The highest BCUT2D eigenvalue weighted by Gasteiger charge is 2.52. The summed E-state index contributed by atoms with van der Waals surface area (Å²) in [5.41, 5.74) is 0.984. The van der Waals surface area contributed by atoms with Gasteiger partial charge in [-0.3, -0.25) is 14.5 Å². The highest BCUT2D eigenvalue weighted by Crippen LogP contribution is 2.42. The first-order chi connectivity index (χ1) is 13.7. The Labute approximate surface area is 166 Å². The third kappa shape index (κ3) is 3.53. The van der Waals surface area contributed by atoms with E-state index in [4.69, 9.17) is 0 Å². The van der Waals surface area contributed by atoms with Crippen molar-refractivity contribution in [1.82, 2.24) is 4.90 Å². The summed E-state index contributed by atoms with van der Waals surface area (Å²) in [6, 6.07) is 17.0. The summed E-state index contributed by atoms with van der Waals surface area (Å²) in [6.45, 7) is 2.90. The fourth-order valence-electron chi connectivity index (χ4n) is 4.32. The monoisotopic (exact) mass is 371 g/mol. The van der Waals surface area contributed by atoms with Crippen molar-refractivity contribution in [3.63, 3.8) is 0 Å². The predicted octanol–water partition coefficient (Wildman–Crippen LogP) is 4.17. The number of benzene rings is 2. The molecule has 3 nitrogen and oxygen atoms in total. The minimum Gasteiger partial charge on any atom is -0.293 e. The van der Waals surface area contributed by atoms with Gasteiger partial charge < -0.3 is 0 Å². The number of nitrogens with zero attached hydrogens (tertiary/aromatic N) is 1. The van der Waals surface area contributed by atoms with Crippen molar-refractivity contribution in [3.8, 4) is 11.8 Å². The molecule has 0 amide bonds. The molecule has 142 valence electrons. The van der Waals surface area contributed by atoms with Gasteiger partial charge in [-0.25, -0.2) is 0 Å². The molecule has 2 aliphatic rings. The summed E-state index contributed by atoms with van der Waals surface area (Å²) in [6.07, 6.45) is 4.43. The van der Waals surface area contributed by atoms with Gasteiger partial charge >= 0.3 is 0 Å². The molecule has 0 unspecified atom stereocenters. The Morgan fingerprint density at radius 2 is 1.39 bits per heavy atom. The van der Waals surface area contributed by atoms with Crippen LogP contribution in [-0.2, 0) is 6.42 Å². The lowest BCUT2D eigenvalue weighted by Gasteiger charge is -2.25. The van der Waals surface area contributed by atoms with E-state index in [1.165, 1.54) is 19.3 Å². The van der Waals surface area contributed by atoms with Crippen LogP contribution in [0, 0.1) is 17.3 Å². The zero-order valence-electron chi connectivity index (χ0n) is 16.1. The molecular formula is C25H25NO2. The second kappa shape index (κ2) is 8.12. The van der Waals surface area contributed by atoms with Crippen molar-refractivity contribution >= 4 is 11.6 Å².